The number of nitrogens with one attached hydrogen (secondary N) is 1. The molecule has 2 aromatic rings. The fraction of sp³-hybridized carbons (Fsp3) is 0.308. The Balaban J connectivity index is 1.80. The van der Waals surface area contributed by atoms with E-state index < -0.39 is 0 Å². The van der Waals surface area contributed by atoms with E-state index in [2.05, 4.69) is 17.2 Å². The van der Waals surface area contributed by atoms with Crippen LogP contribution in [0.5, 0.6) is 5.75 Å². The standard InChI is InChI=1S/C13H16N2OS/c1-10(13-15-5-6-17-13)8-14-9-11-3-2-4-12(16)7-11/h2-7,10,14,16H,8-9H2,1H3. The van der Waals surface area contributed by atoms with Gasteiger partial charge in [-0.1, -0.05) is 19.1 Å². The van der Waals surface area contributed by atoms with E-state index in [1.165, 1.54) is 0 Å². The van der Waals surface area contributed by atoms with Gasteiger partial charge in [-0.2, -0.15) is 0 Å². The molecular formula is C13H16N2OS. The maximum absolute atomic E-state index is 9.34. The van der Waals surface area contributed by atoms with E-state index in [9.17, 15) is 5.11 Å². The predicted octanol–water partition coefficient (Wildman–Crippen LogP) is 2.74. The van der Waals surface area contributed by atoms with Crippen molar-refractivity contribution in [2.75, 3.05) is 6.54 Å². The lowest BCUT2D eigenvalue weighted by molar-refractivity contribution is 0.474. The van der Waals surface area contributed by atoms with Crippen LogP contribution in [0, 0.1) is 0 Å². The fourth-order valence-corrected chi connectivity index (χ4v) is 2.36. The van der Waals surface area contributed by atoms with Gasteiger partial charge >= 0.3 is 0 Å². The van der Waals surface area contributed by atoms with Crippen molar-refractivity contribution in [3.8, 4) is 5.75 Å². The van der Waals surface area contributed by atoms with Gasteiger partial charge in [0.25, 0.3) is 0 Å². The van der Waals surface area contributed by atoms with E-state index in [0.29, 0.717) is 11.7 Å². The lowest BCUT2D eigenvalue weighted by Gasteiger charge is -2.10. The van der Waals surface area contributed by atoms with Crippen molar-refractivity contribution < 1.29 is 5.11 Å². The first-order valence-electron chi connectivity index (χ1n) is 5.63. The molecule has 0 aliphatic carbocycles. The minimum atomic E-state index is 0.317. The van der Waals surface area contributed by atoms with Crippen LogP contribution in [0.4, 0.5) is 0 Å². The van der Waals surface area contributed by atoms with Gasteiger partial charge in [0, 0.05) is 30.6 Å². The van der Waals surface area contributed by atoms with Gasteiger partial charge in [0.05, 0.1) is 5.01 Å². The van der Waals surface area contributed by atoms with Crippen molar-refractivity contribution in [2.24, 2.45) is 0 Å². The number of nitrogens with zero attached hydrogens (tertiary/aromatic N) is 1. The molecule has 1 unspecified atom stereocenters. The minimum absolute atomic E-state index is 0.317. The van der Waals surface area contributed by atoms with Gasteiger partial charge in [0.1, 0.15) is 5.75 Å². The number of hydrogen-bond acceptors (Lipinski definition) is 4. The van der Waals surface area contributed by atoms with Crippen LogP contribution in [0.25, 0.3) is 0 Å². The summed E-state index contributed by atoms with van der Waals surface area (Å²) in [6, 6.07) is 7.32. The van der Waals surface area contributed by atoms with Gasteiger partial charge in [-0.25, -0.2) is 4.98 Å². The first-order chi connectivity index (χ1) is 8.25. The average Bonchev–Trinajstić information content (AvgIpc) is 2.82. The molecule has 1 atom stereocenters. The summed E-state index contributed by atoms with van der Waals surface area (Å²) in [6.07, 6.45) is 1.84. The van der Waals surface area contributed by atoms with Crippen LogP contribution in [0.2, 0.25) is 0 Å². The van der Waals surface area contributed by atoms with E-state index in [1.807, 2.05) is 23.7 Å². The molecule has 0 spiro atoms. The van der Waals surface area contributed by atoms with Crippen LogP contribution in [0.15, 0.2) is 35.8 Å². The Bertz CT molecular complexity index is 456. The van der Waals surface area contributed by atoms with Gasteiger partial charge in [-0.15, -0.1) is 11.3 Å². The zero-order valence-electron chi connectivity index (χ0n) is 9.76. The second-order valence-electron chi connectivity index (χ2n) is 4.07. The molecule has 0 saturated carbocycles. The topological polar surface area (TPSA) is 45.1 Å². The average molecular weight is 248 g/mol. The summed E-state index contributed by atoms with van der Waals surface area (Å²) in [6.45, 7) is 3.82. The molecule has 4 heteroatoms. The summed E-state index contributed by atoms with van der Waals surface area (Å²) < 4.78 is 0. The number of phenols is 1. The Morgan fingerprint density at radius 1 is 1.47 bits per heavy atom. The van der Waals surface area contributed by atoms with E-state index in [1.54, 1.807) is 23.5 Å². The van der Waals surface area contributed by atoms with Crippen molar-refractivity contribution in [1.29, 1.82) is 0 Å². The van der Waals surface area contributed by atoms with Crippen LogP contribution in [0.1, 0.15) is 23.4 Å². The quantitative estimate of drug-likeness (QED) is 0.855. The number of aromatic nitrogens is 1. The largest absolute Gasteiger partial charge is 0.508 e. The number of phenolic OH excluding ortho intramolecular Hbond substituents is 1. The highest BCUT2D eigenvalue weighted by atomic mass is 32.1. The molecule has 3 nitrogen and oxygen atoms in total. The highest BCUT2D eigenvalue weighted by Crippen LogP contribution is 2.16. The molecule has 2 rings (SSSR count). The zero-order chi connectivity index (χ0) is 12.1. The summed E-state index contributed by atoms with van der Waals surface area (Å²) in [4.78, 5) is 4.29. The van der Waals surface area contributed by atoms with E-state index in [4.69, 9.17) is 0 Å². The Morgan fingerprint density at radius 3 is 3.06 bits per heavy atom. The Kier molecular flexibility index (Phi) is 4.12. The molecule has 1 heterocycles. The van der Waals surface area contributed by atoms with Crippen LogP contribution in [0.3, 0.4) is 0 Å². The van der Waals surface area contributed by atoms with Crippen molar-refractivity contribution in [3.05, 3.63) is 46.4 Å². The monoisotopic (exact) mass is 248 g/mol. The van der Waals surface area contributed by atoms with Gasteiger partial charge in [0.15, 0.2) is 0 Å². The highest BCUT2D eigenvalue weighted by molar-refractivity contribution is 7.09. The molecule has 17 heavy (non-hydrogen) atoms. The smallest absolute Gasteiger partial charge is 0.115 e. The van der Waals surface area contributed by atoms with Crippen LogP contribution < -0.4 is 5.32 Å². The van der Waals surface area contributed by atoms with Gasteiger partial charge in [-0.3, -0.25) is 0 Å². The second-order valence-corrected chi connectivity index (χ2v) is 5.00. The highest BCUT2D eigenvalue weighted by Gasteiger charge is 2.07. The van der Waals surface area contributed by atoms with Crippen molar-refractivity contribution in [3.63, 3.8) is 0 Å². The molecule has 1 aromatic heterocycles. The summed E-state index contributed by atoms with van der Waals surface area (Å²) in [5.74, 6) is 0.740. The predicted molar refractivity (Wildman–Crippen MR) is 70.3 cm³/mol. The molecule has 2 N–H and O–H groups in total. The number of aromatic hydroxyl groups is 1. The number of hydrogen-bond donors (Lipinski definition) is 2. The van der Waals surface area contributed by atoms with E-state index in [0.717, 1.165) is 23.7 Å². The molecular weight excluding hydrogens is 232 g/mol. The summed E-state index contributed by atoms with van der Waals surface area (Å²) >= 11 is 1.69. The molecule has 0 aliphatic heterocycles. The molecule has 0 amide bonds. The second kappa shape index (κ2) is 5.80. The maximum atomic E-state index is 9.34. The van der Waals surface area contributed by atoms with Crippen LogP contribution in [-0.2, 0) is 6.54 Å². The third kappa shape index (κ3) is 3.54. The SMILES string of the molecule is CC(CNCc1cccc(O)c1)c1nccs1. The number of benzene rings is 1. The number of thiazole rings is 1. The van der Waals surface area contributed by atoms with Crippen molar-refractivity contribution in [2.45, 2.75) is 19.4 Å². The third-order valence-electron chi connectivity index (χ3n) is 2.56. The van der Waals surface area contributed by atoms with Gasteiger partial charge in [-0.05, 0) is 17.7 Å². The van der Waals surface area contributed by atoms with Crippen LogP contribution in [-0.4, -0.2) is 16.6 Å². The first-order valence-corrected chi connectivity index (χ1v) is 6.51. The summed E-state index contributed by atoms with van der Waals surface area (Å²) in [5.41, 5.74) is 1.09. The summed E-state index contributed by atoms with van der Waals surface area (Å²) in [7, 11) is 0. The maximum Gasteiger partial charge on any atom is 0.115 e. The Labute approximate surface area is 105 Å². The lowest BCUT2D eigenvalue weighted by atomic mass is 10.1. The van der Waals surface area contributed by atoms with Crippen LogP contribution >= 0.6 is 11.3 Å². The molecule has 1 aromatic carbocycles. The minimum Gasteiger partial charge on any atom is -0.508 e. The lowest BCUT2D eigenvalue weighted by Crippen LogP contribution is -2.19. The van der Waals surface area contributed by atoms with Gasteiger partial charge < -0.3 is 10.4 Å². The molecule has 0 fully saturated rings. The number of rotatable bonds is 5. The molecule has 0 aliphatic rings. The first kappa shape index (κ1) is 12.1. The fourth-order valence-electron chi connectivity index (χ4n) is 1.66. The van der Waals surface area contributed by atoms with Crippen molar-refractivity contribution >= 4 is 11.3 Å². The Hall–Kier alpha value is -1.39. The third-order valence-corrected chi connectivity index (χ3v) is 3.57. The summed E-state index contributed by atoms with van der Waals surface area (Å²) in [5, 5.41) is 15.9. The van der Waals surface area contributed by atoms with Gasteiger partial charge in [0.2, 0.25) is 0 Å². The molecule has 0 bridgehead atoms. The van der Waals surface area contributed by atoms with Crippen molar-refractivity contribution in [1.82, 2.24) is 10.3 Å². The molecule has 0 radical (unpaired) electrons. The van der Waals surface area contributed by atoms with E-state index in [-0.39, 0.29) is 0 Å². The zero-order valence-corrected chi connectivity index (χ0v) is 10.6. The van der Waals surface area contributed by atoms with E-state index >= 15 is 0 Å². The Morgan fingerprint density at radius 2 is 2.35 bits per heavy atom. The molecule has 90 valence electrons. The molecule has 0 saturated heterocycles. The normalized spacial score (nSPS) is 12.5.